The van der Waals surface area contributed by atoms with Crippen LogP contribution in [0, 0.1) is 0 Å². The van der Waals surface area contributed by atoms with Gasteiger partial charge in [0.2, 0.25) is 0 Å². The van der Waals surface area contributed by atoms with E-state index < -0.39 is 23.7 Å². The SMILES string of the molecule is CNC(=O)COC(=O)N1CCC(c2cccc(C(F)(F)F)c2)CC1. The first-order chi connectivity index (χ1) is 11.3. The van der Waals surface area contributed by atoms with Crippen molar-refractivity contribution < 1.29 is 27.5 Å². The molecule has 0 unspecified atom stereocenters. The predicted molar refractivity (Wildman–Crippen MR) is 80.4 cm³/mol. The quantitative estimate of drug-likeness (QED) is 0.917. The molecule has 0 aromatic heterocycles. The summed E-state index contributed by atoms with van der Waals surface area (Å²) in [6, 6.07) is 5.31. The molecule has 2 rings (SSSR count). The molecule has 0 radical (unpaired) electrons. The molecule has 0 aliphatic carbocycles. The second-order valence-electron chi connectivity index (χ2n) is 5.61. The number of likely N-dealkylation sites (tertiary alicyclic amines) is 1. The van der Waals surface area contributed by atoms with Crippen LogP contribution in [0.2, 0.25) is 0 Å². The molecule has 1 N–H and O–H groups in total. The van der Waals surface area contributed by atoms with Crippen molar-refractivity contribution in [3.05, 3.63) is 35.4 Å². The van der Waals surface area contributed by atoms with E-state index in [2.05, 4.69) is 5.32 Å². The van der Waals surface area contributed by atoms with Crippen LogP contribution in [0.4, 0.5) is 18.0 Å². The van der Waals surface area contributed by atoms with E-state index >= 15 is 0 Å². The minimum absolute atomic E-state index is 0.0321. The number of nitrogens with zero attached hydrogens (tertiary/aromatic N) is 1. The number of carbonyl (C=O) groups is 2. The fraction of sp³-hybridized carbons (Fsp3) is 0.500. The number of carbonyl (C=O) groups excluding carboxylic acids is 2. The Morgan fingerprint density at radius 2 is 1.96 bits per heavy atom. The molecular formula is C16H19F3N2O3. The van der Waals surface area contributed by atoms with Gasteiger partial charge >= 0.3 is 12.3 Å². The average molecular weight is 344 g/mol. The minimum Gasteiger partial charge on any atom is -0.439 e. The number of piperidine rings is 1. The van der Waals surface area contributed by atoms with Gasteiger partial charge in [-0.2, -0.15) is 13.2 Å². The molecule has 0 saturated carbocycles. The Balaban J connectivity index is 1.91. The molecule has 24 heavy (non-hydrogen) atoms. The van der Waals surface area contributed by atoms with Gasteiger partial charge in [0.05, 0.1) is 5.56 Å². The molecule has 1 fully saturated rings. The third kappa shape index (κ3) is 4.62. The number of hydrogen-bond donors (Lipinski definition) is 1. The first-order valence-corrected chi connectivity index (χ1v) is 7.60. The lowest BCUT2D eigenvalue weighted by Gasteiger charge is -2.31. The van der Waals surface area contributed by atoms with Crippen LogP contribution in [0.25, 0.3) is 0 Å². The van der Waals surface area contributed by atoms with E-state index in [0.29, 0.717) is 31.5 Å². The Morgan fingerprint density at radius 1 is 1.29 bits per heavy atom. The summed E-state index contributed by atoms with van der Waals surface area (Å²) in [7, 11) is 1.44. The lowest BCUT2D eigenvalue weighted by atomic mass is 9.88. The largest absolute Gasteiger partial charge is 0.439 e. The summed E-state index contributed by atoms with van der Waals surface area (Å²) >= 11 is 0. The van der Waals surface area contributed by atoms with Crippen molar-refractivity contribution in [2.75, 3.05) is 26.7 Å². The summed E-state index contributed by atoms with van der Waals surface area (Å²) in [6.07, 6.45) is -3.84. The molecule has 1 aromatic rings. The van der Waals surface area contributed by atoms with E-state index in [-0.39, 0.29) is 12.5 Å². The highest BCUT2D eigenvalue weighted by atomic mass is 19.4. The van der Waals surface area contributed by atoms with E-state index in [0.717, 1.165) is 6.07 Å². The third-order valence-corrected chi connectivity index (χ3v) is 4.04. The van der Waals surface area contributed by atoms with Crippen LogP contribution in [0.3, 0.4) is 0 Å². The van der Waals surface area contributed by atoms with Gasteiger partial charge in [0.25, 0.3) is 5.91 Å². The number of rotatable bonds is 3. The van der Waals surface area contributed by atoms with E-state index in [4.69, 9.17) is 4.74 Å². The van der Waals surface area contributed by atoms with Crippen LogP contribution >= 0.6 is 0 Å². The van der Waals surface area contributed by atoms with Crippen LogP contribution in [0.1, 0.15) is 29.9 Å². The number of likely N-dealkylation sites (N-methyl/N-ethyl adjacent to an activating group) is 1. The summed E-state index contributed by atoms with van der Waals surface area (Å²) in [6.45, 7) is 0.421. The van der Waals surface area contributed by atoms with Gasteiger partial charge in [0.1, 0.15) is 0 Å². The van der Waals surface area contributed by atoms with Gasteiger partial charge in [-0.15, -0.1) is 0 Å². The molecule has 8 heteroatoms. The third-order valence-electron chi connectivity index (χ3n) is 4.04. The molecule has 1 aromatic carbocycles. The van der Waals surface area contributed by atoms with Gasteiger partial charge in [0, 0.05) is 20.1 Å². The minimum atomic E-state index is -4.36. The summed E-state index contributed by atoms with van der Waals surface area (Å²) in [5.41, 5.74) is -0.0318. The number of benzene rings is 1. The zero-order valence-electron chi connectivity index (χ0n) is 13.2. The van der Waals surface area contributed by atoms with Crippen LogP contribution in [-0.4, -0.2) is 43.6 Å². The topological polar surface area (TPSA) is 58.6 Å². The predicted octanol–water partition coefficient (Wildman–Crippen LogP) is 2.77. The molecule has 0 bridgehead atoms. The number of alkyl halides is 3. The van der Waals surface area contributed by atoms with Gasteiger partial charge in [-0.25, -0.2) is 4.79 Å². The number of ether oxygens (including phenoxy) is 1. The van der Waals surface area contributed by atoms with Gasteiger partial charge in [-0.1, -0.05) is 18.2 Å². The Hall–Kier alpha value is -2.25. The van der Waals surface area contributed by atoms with Gasteiger partial charge < -0.3 is 15.0 Å². The molecule has 5 nitrogen and oxygen atoms in total. The van der Waals surface area contributed by atoms with Crippen LogP contribution in [0.5, 0.6) is 0 Å². The highest BCUT2D eigenvalue weighted by molar-refractivity contribution is 5.79. The lowest BCUT2D eigenvalue weighted by molar-refractivity contribution is -0.137. The van der Waals surface area contributed by atoms with Crippen LogP contribution < -0.4 is 5.32 Å². The molecule has 0 atom stereocenters. The first-order valence-electron chi connectivity index (χ1n) is 7.60. The lowest BCUT2D eigenvalue weighted by Crippen LogP contribution is -2.39. The van der Waals surface area contributed by atoms with Crippen molar-refractivity contribution in [2.45, 2.75) is 24.9 Å². The Kier molecular flexibility index (Phi) is 5.69. The van der Waals surface area contributed by atoms with Crippen LogP contribution in [-0.2, 0) is 15.7 Å². The van der Waals surface area contributed by atoms with Crippen LogP contribution in [0.15, 0.2) is 24.3 Å². The number of nitrogens with one attached hydrogen (secondary N) is 1. The van der Waals surface area contributed by atoms with Crippen molar-refractivity contribution in [3.63, 3.8) is 0 Å². The molecule has 1 saturated heterocycles. The molecule has 2 amide bonds. The number of halogens is 3. The van der Waals surface area contributed by atoms with E-state index in [1.54, 1.807) is 6.07 Å². The summed E-state index contributed by atoms with van der Waals surface area (Å²) in [5, 5.41) is 2.34. The highest BCUT2D eigenvalue weighted by Crippen LogP contribution is 2.34. The summed E-state index contributed by atoms with van der Waals surface area (Å²) < 4.78 is 43.2. The zero-order chi connectivity index (χ0) is 17.7. The highest BCUT2D eigenvalue weighted by Gasteiger charge is 2.32. The average Bonchev–Trinajstić information content (AvgIpc) is 2.59. The summed E-state index contributed by atoms with van der Waals surface area (Å²) in [5.74, 6) is -0.433. The van der Waals surface area contributed by atoms with Gasteiger partial charge in [0.15, 0.2) is 6.61 Å². The van der Waals surface area contributed by atoms with Crippen molar-refractivity contribution >= 4 is 12.0 Å². The molecule has 1 heterocycles. The fourth-order valence-corrected chi connectivity index (χ4v) is 2.66. The summed E-state index contributed by atoms with van der Waals surface area (Å²) in [4.78, 5) is 24.3. The maximum absolute atomic E-state index is 12.8. The first kappa shape index (κ1) is 18.1. The molecular weight excluding hydrogens is 325 g/mol. The molecule has 0 spiro atoms. The van der Waals surface area contributed by atoms with E-state index in [1.807, 2.05) is 0 Å². The number of hydrogen-bond acceptors (Lipinski definition) is 3. The number of amides is 2. The Morgan fingerprint density at radius 3 is 2.54 bits per heavy atom. The van der Waals surface area contributed by atoms with Crippen molar-refractivity contribution in [3.8, 4) is 0 Å². The second-order valence-corrected chi connectivity index (χ2v) is 5.61. The monoisotopic (exact) mass is 344 g/mol. The van der Waals surface area contributed by atoms with E-state index in [9.17, 15) is 22.8 Å². The van der Waals surface area contributed by atoms with Crippen molar-refractivity contribution in [1.29, 1.82) is 0 Å². The normalized spacial score (nSPS) is 15.9. The molecule has 1 aliphatic rings. The van der Waals surface area contributed by atoms with Gasteiger partial charge in [-0.05, 0) is 30.4 Å². The second kappa shape index (κ2) is 7.55. The molecule has 132 valence electrons. The smallest absolute Gasteiger partial charge is 0.416 e. The maximum atomic E-state index is 12.8. The van der Waals surface area contributed by atoms with Crippen molar-refractivity contribution in [1.82, 2.24) is 10.2 Å². The fourth-order valence-electron chi connectivity index (χ4n) is 2.66. The maximum Gasteiger partial charge on any atom is 0.416 e. The van der Waals surface area contributed by atoms with Gasteiger partial charge in [-0.3, -0.25) is 4.79 Å². The Labute approximate surface area is 137 Å². The molecule has 1 aliphatic heterocycles. The Bertz CT molecular complexity index is 596. The zero-order valence-corrected chi connectivity index (χ0v) is 13.2. The standard InChI is InChI=1S/C16H19F3N2O3/c1-20-14(22)10-24-15(23)21-7-5-11(6-8-21)12-3-2-4-13(9-12)16(17,18)19/h2-4,9,11H,5-8,10H2,1H3,(H,20,22). The van der Waals surface area contributed by atoms with E-state index in [1.165, 1.54) is 24.1 Å². The van der Waals surface area contributed by atoms with Crippen molar-refractivity contribution in [2.24, 2.45) is 0 Å².